The average molecular weight is 407 g/mol. The zero-order valence-corrected chi connectivity index (χ0v) is 18.3. The molecule has 2 aliphatic heterocycles. The van der Waals surface area contributed by atoms with E-state index >= 15 is 0 Å². The molecule has 1 saturated heterocycles. The molecule has 1 aromatic rings. The predicted molar refractivity (Wildman–Crippen MR) is 112 cm³/mol. The van der Waals surface area contributed by atoms with Crippen LogP contribution >= 0.6 is 11.3 Å². The fourth-order valence-corrected chi connectivity index (χ4v) is 6.40. The van der Waals surface area contributed by atoms with E-state index in [1.807, 2.05) is 18.3 Å². The van der Waals surface area contributed by atoms with Gasteiger partial charge in [0, 0.05) is 41.3 Å². The van der Waals surface area contributed by atoms with Crippen LogP contribution in [-0.2, 0) is 27.9 Å². The molecule has 5 nitrogen and oxygen atoms in total. The molecule has 1 N–H and O–H groups in total. The molecule has 1 spiro atoms. The van der Waals surface area contributed by atoms with E-state index in [0.29, 0.717) is 18.6 Å². The fraction of sp³-hybridized carbons (Fsp3) is 0.773. The Labute approximate surface area is 172 Å². The number of rotatable bonds is 5. The van der Waals surface area contributed by atoms with Gasteiger partial charge in [0.2, 0.25) is 0 Å². The van der Waals surface area contributed by atoms with Crippen LogP contribution in [0.1, 0.15) is 61.8 Å². The molecular formula is C22H34N2O3S. The smallest absolute Gasteiger partial charge is 0.407 e. The molecule has 28 heavy (non-hydrogen) atoms. The minimum Gasteiger partial charge on any atom is -0.450 e. The third-order valence-electron chi connectivity index (χ3n) is 6.78. The summed E-state index contributed by atoms with van der Waals surface area (Å²) in [5.41, 5.74) is 1.44. The minimum absolute atomic E-state index is 0.0545. The van der Waals surface area contributed by atoms with Crippen molar-refractivity contribution >= 4 is 17.4 Å². The number of nitrogens with one attached hydrogen (secondary N) is 1. The summed E-state index contributed by atoms with van der Waals surface area (Å²) in [6, 6.07) is 3.25. The van der Waals surface area contributed by atoms with Gasteiger partial charge in [0.1, 0.15) is 0 Å². The first-order valence-corrected chi connectivity index (χ1v) is 11.8. The van der Waals surface area contributed by atoms with Gasteiger partial charge in [-0.2, -0.15) is 0 Å². The summed E-state index contributed by atoms with van der Waals surface area (Å²) in [7, 11) is 0. The van der Waals surface area contributed by atoms with E-state index in [-0.39, 0.29) is 17.7 Å². The van der Waals surface area contributed by atoms with E-state index in [4.69, 9.17) is 9.47 Å². The molecule has 0 unspecified atom stereocenters. The zero-order chi connectivity index (χ0) is 19.7. The van der Waals surface area contributed by atoms with Crippen molar-refractivity contribution in [3.05, 3.63) is 21.4 Å². The maximum absolute atomic E-state index is 11.5. The molecule has 1 aliphatic carbocycles. The average Bonchev–Trinajstić information content (AvgIpc) is 3.07. The highest BCUT2D eigenvalue weighted by molar-refractivity contribution is 7.12. The maximum atomic E-state index is 11.5. The van der Waals surface area contributed by atoms with E-state index in [0.717, 1.165) is 58.2 Å². The lowest BCUT2D eigenvalue weighted by Gasteiger charge is -2.49. The summed E-state index contributed by atoms with van der Waals surface area (Å²) in [5.74, 6) is 0.680. The Morgan fingerprint density at radius 3 is 2.96 bits per heavy atom. The predicted octanol–water partition coefficient (Wildman–Crippen LogP) is 4.09. The van der Waals surface area contributed by atoms with Gasteiger partial charge in [-0.3, -0.25) is 0 Å². The van der Waals surface area contributed by atoms with E-state index in [1.54, 1.807) is 4.88 Å². The number of thiophene rings is 1. The van der Waals surface area contributed by atoms with E-state index in [2.05, 4.69) is 30.1 Å². The number of fused-ring (bicyclic) bond motifs is 2. The third kappa shape index (κ3) is 3.96. The molecule has 156 valence electrons. The molecule has 0 aromatic carbocycles. The van der Waals surface area contributed by atoms with E-state index in [9.17, 15) is 4.79 Å². The van der Waals surface area contributed by atoms with Crippen molar-refractivity contribution in [1.82, 2.24) is 10.2 Å². The normalized spacial score (nSPS) is 32.6. The lowest BCUT2D eigenvalue weighted by molar-refractivity contribution is -0.114. The number of hydrogen-bond acceptors (Lipinski definition) is 5. The number of nitrogens with zero attached hydrogens (tertiary/aromatic N) is 1. The van der Waals surface area contributed by atoms with Crippen molar-refractivity contribution in [2.45, 2.75) is 77.0 Å². The van der Waals surface area contributed by atoms with Crippen LogP contribution in [-0.4, -0.2) is 49.4 Å². The molecular weight excluding hydrogens is 372 g/mol. The number of piperidine rings is 1. The van der Waals surface area contributed by atoms with E-state index < -0.39 is 0 Å². The SMILES string of the molecule is CCOC(=O)N[C@H]1C[C@@H](CN2CC[C@]3(C[C@@H]2C)OCCc2sc(CC)cc23)C1. The molecule has 3 heterocycles. The molecule has 3 aliphatic rings. The van der Waals surface area contributed by atoms with Gasteiger partial charge >= 0.3 is 6.09 Å². The molecule has 4 rings (SSSR count). The lowest BCUT2D eigenvalue weighted by Crippen LogP contribution is -2.54. The number of aryl methyl sites for hydroxylation is 1. The Morgan fingerprint density at radius 1 is 1.43 bits per heavy atom. The topological polar surface area (TPSA) is 50.8 Å². The van der Waals surface area contributed by atoms with Gasteiger partial charge < -0.3 is 19.7 Å². The fourth-order valence-electron chi connectivity index (χ4n) is 5.22. The molecule has 1 amide bonds. The van der Waals surface area contributed by atoms with E-state index in [1.165, 1.54) is 10.4 Å². The van der Waals surface area contributed by atoms with Crippen LogP contribution in [0.3, 0.4) is 0 Å². The number of carbonyl (C=O) groups excluding carboxylic acids is 1. The molecule has 1 aromatic heterocycles. The van der Waals surface area contributed by atoms with Crippen LogP contribution in [0, 0.1) is 5.92 Å². The quantitative estimate of drug-likeness (QED) is 0.800. The van der Waals surface area contributed by atoms with Gasteiger partial charge in [0.05, 0.1) is 18.8 Å². The Bertz CT molecular complexity index is 700. The van der Waals surface area contributed by atoms with Crippen molar-refractivity contribution in [3.8, 4) is 0 Å². The van der Waals surface area contributed by atoms with Crippen LogP contribution < -0.4 is 5.32 Å². The highest BCUT2D eigenvalue weighted by Crippen LogP contribution is 2.46. The molecule has 0 bridgehead atoms. The first kappa shape index (κ1) is 20.2. The Kier molecular flexibility index (Phi) is 6.00. The van der Waals surface area contributed by atoms with Crippen molar-refractivity contribution in [2.75, 3.05) is 26.3 Å². The van der Waals surface area contributed by atoms with Crippen LogP contribution in [0.5, 0.6) is 0 Å². The minimum atomic E-state index is -0.272. The summed E-state index contributed by atoms with van der Waals surface area (Å²) >= 11 is 2.00. The zero-order valence-electron chi connectivity index (χ0n) is 17.5. The van der Waals surface area contributed by atoms with Crippen LogP contribution in [0.25, 0.3) is 0 Å². The monoisotopic (exact) mass is 406 g/mol. The molecule has 0 radical (unpaired) electrons. The standard InChI is InChI=1S/C22H34N2O3S/c1-4-18-12-19-20(28-18)6-9-27-22(19)7-8-24(15(3)13-22)14-16-10-17(11-16)23-21(25)26-5-2/h12,15-17H,4-11,13-14H2,1-3H3,(H,23,25)/t15-,16-,17+,22+/m0/s1. The highest BCUT2D eigenvalue weighted by Gasteiger charge is 2.45. The van der Waals surface area contributed by atoms with Gasteiger partial charge in [-0.05, 0) is 63.5 Å². The second-order valence-corrected chi connectivity index (χ2v) is 9.91. The summed E-state index contributed by atoms with van der Waals surface area (Å²) in [5, 5.41) is 2.96. The number of carbonyl (C=O) groups is 1. The second-order valence-electron chi connectivity index (χ2n) is 8.69. The van der Waals surface area contributed by atoms with Gasteiger partial charge in [-0.15, -0.1) is 11.3 Å². The van der Waals surface area contributed by atoms with Crippen LogP contribution in [0.4, 0.5) is 4.79 Å². The number of ether oxygens (including phenoxy) is 2. The van der Waals surface area contributed by atoms with Crippen molar-refractivity contribution < 1.29 is 14.3 Å². The third-order valence-corrected chi connectivity index (χ3v) is 8.12. The van der Waals surface area contributed by atoms with Crippen molar-refractivity contribution in [2.24, 2.45) is 5.92 Å². The summed E-state index contributed by atoms with van der Waals surface area (Å²) in [6.45, 7) is 9.98. The molecule has 2 atom stereocenters. The summed E-state index contributed by atoms with van der Waals surface area (Å²) in [4.78, 5) is 17.2. The summed E-state index contributed by atoms with van der Waals surface area (Å²) in [6.07, 6.45) is 6.26. The van der Waals surface area contributed by atoms with Gasteiger partial charge in [-0.25, -0.2) is 4.79 Å². The van der Waals surface area contributed by atoms with Gasteiger partial charge in [-0.1, -0.05) is 6.92 Å². The maximum Gasteiger partial charge on any atom is 0.407 e. The first-order valence-electron chi connectivity index (χ1n) is 11.0. The number of likely N-dealkylation sites (tertiary alicyclic amines) is 1. The Hall–Kier alpha value is -1.11. The lowest BCUT2D eigenvalue weighted by atomic mass is 9.76. The Morgan fingerprint density at radius 2 is 2.25 bits per heavy atom. The molecule has 2 fully saturated rings. The van der Waals surface area contributed by atoms with Crippen LogP contribution in [0.15, 0.2) is 6.07 Å². The highest BCUT2D eigenvalue weighted by atomic mass is 32.1. The number of alkyl carbamates (subject to hydrolysis) is 1. The molecule has 6 heteroatoms. The van der Waals surface area contributed by atoms with Gasteiger partial charge in [0.15, 0.2) is 0 Å². The largest absolute Gasteiger partial charge is 0.450 e. The van der Waals surface area contributed by atoms with Crippen LogP contribution in [0.2, 0.25) is 0 Å². The number of amides is 1. The van der Waals surface area contributed by atoms with Crippen molar-refractivity contribution in [1.29, 1.82) is 0 Å². The van der Waals surface area contributed by atoms with Crippen molar-refractivity contribution in [3.63, 3.8) is 0 Å². The Balaban J connectivity index is 1.31. The molecule has 1 saturated carbocycles. The van der Waals surface area contributed by atoms with Gasteiger partial charge in [0.25, 0.3) is 0 Å². The first-order chi connectivity index (χ1) is 13.5. The summed E-state index contributed by atoms with van der Waals surface area (Å²) < 4.78 is 11.4. The second kappa shape index (κ2) is 8.33. The number of hydrogen-bond donors (Lipinski definition) is 1.